The highest BCUT2D eigenvalue weighted by Crippen LogP contribution is 2.15. The van der Waals surface area contributed by atoms with Crippen LogP contribution in [-0.2, 0) is 25.4 Å². The van der Waals surface area contributed by atoms with Crippen molar-refractivity contribution in [1.82, 2.24) is 35.5 Å². The Morgan fingerprint density at radius 3 is 2.61 bits per heavy atom. The second-order valence-electron chi connectivity index (χ2n) is 9.43. The van der Waals surface area contributed by atoms with E-state index in [0.717, 1.165) is 0 Å². The van der Waals surface area contributed by atoms with E-state index in [-0.39, 0.29) is 36.8 Å². The molecule has 1 fully saturated rings. The molecule has 8 N–H and O–H groups in total. The molecule has 0 spiro atoms. The Morgan fingerprint density at radius 2 is 1.93 bits per heavy atom. The maximum absolute atomic E-state index is 13.0. The normalized spacial score (nSPS) is 17.7. The molecule has 1 saturated heterocycles. The summed E-state index contributed by atoms with van der Waals surface area (Å²) in [5.41, 5.74) is 6.12. The van der Waals surface area contributed by atoms with E-state index in [1.165, 1.54) is 23.5 Å². The van der Waals surface area contributed by atoms with Crippen LogP contribution in [0.2, 0.25) is 0 Å². The number of piperidine rings is 1. The molecular weight excluding hydrogens is 554 g/mol. The largest absolute Gasteiger partial charge is 0.371 e. The summed E-state index contributed by atoms with van der Waals surface area (Å²) >= 11 is 0. The molecule has 3 atom stereocenters. The lowest BCUT2D eigenvalue weighted by Crippen LogP contribution is -2.59. The maximum atomic E-state index is 13.0. The molecule has 1 aromatic heterocycles. The fraction of sp³-hybridized carbons (Fsp3) is 0.440. The lowest BCUT2D eigenvalue weighted by Gasteiger charge is -2.38. The van der Waals surface area contributed by atoms with Gasteiger partial charge in [-0.05, 0) is 31.2 Å². The molecule has 1 aromatic carbocycles. The zero-order chi connectivity index (χ0) is 29.8. The van der Waals surface area contributed by atoms with Gasteiger partial charge in [-0.1, -0.05) is 30.3 Å². The standard InChI is InChI=1S/C25H35N9O6S/c26-25(27)34-13-5-9-19(24(34)38)32-21(35)15-31-22(36)18(33-41(39,40)16-17-6-2-1-3-7-17)8-4-10-30-23(37)20-14-28-11-12-29-20/h1-3,6-7,11-12,14,18-19,24,33,38H,4-5,8-10,13,15-16H2,(H3,26,27)(H,30,37)(H,31,36)(H,32,35)/t18-,19+,24?/m1/s1. The van der Waals surface area contributed by atoms with Gasteiger partial charge in [0, 0.05) is 25.5 Å². The number of nitrogens with zero attached hydrogens (tertiary/aromatic N) is 3. The molecule has 2 aromatic rings. The van der Waals surface area contributed by atoms with Crippen LogP contribution in [0, 0.1) is 5.41 Å². The summed E-state index contributed by atoms with van der Waals surface area (Å²) in [6.45, 7) is 0.0400. The van der Waals surface area contributed by atoms with Gasteiger partial charge in [0.2, 0.25) is 21.8 Å². The minimum atomic E-state index is -3.95. The molecule has 16 heteroatoms. The average Bonchev–Trinajstić information content (AvgIpc) is 2.95. The summed E-state index contributed by atoms with van der Waals surface area (Å²) < 4.78 is 28.1. The number of aromatic nitrogens is 2. The van der Waals surface area contributed by atoms with Crippen LogP contribution in [0.1, 0.15) is 41.7 Å². The van der Waals surface area contributed by atoms with E-state index in [4.69, 9.17) is 11.1 Å². The van der Waals surface area contributed by atoms with Crippen LogP contribution in [0.25, 0.3) is 0 Å². The van der Waals surface area contributed by atoms with Crippen molar-refractivity contribution in [2.45, 2.75) is 49.7 Å². The highest BCUT2D eigenvalue weighted by molar-refractivity contribution is 7.88. The topological polar surface area (TPSA) is 233 Å². The van der Waals surface area contributed by atoms with Crippen LogP contribution >= 0.6 is 0 Å². The number of guanidine groups is 1. The molecular formula is C25H35N9O6S. The fourth-order valence-electron chi connectivity index (χ4n) is 4.25. The predicted octanol–water partition coefficient (Wildman–Crippen LogP) is -1.62. The first-order valence-electron chi connectivity index (χ1n) is 13.0. The van der Waals surface area contributed by atoms with E-state index < -0.39 is 52.6 Å². The van der Waals surface area contributed by atoms with Crippen LogP contribution in [0.15, 0.2) is 48.9 Å². The Bertz CT molecular complexity index is 1300. The lowest BCUT2D eigenvalue weighted by molar-refractivity contribution is -0.128. The Labute approximate surface area is 237 Å². The number of aliphatic hydroxyl groups excluding tert-OH is 1. The van der Waals surface area contributed by atoms with Crippen molar-refractivity contribution in [3.63, 3.8) is 0 Å². The van der Waals surface area contributed by atoms with Gasteiger partial charge in [0.05, 0.1) is 24.5 Å². The third-order valence-corrected chi connectivity index (χ3v) is 7.62. The Balaban J connectivity index is 1.57. The van der Waals surface area contributed by atoms with E-state index >= 15 is 0 Å². The molecule has 0 bridgehead atoms. The maximum Gasteiger partial charge on any atom is 0.271 e. The van der Waals surface area contributed by atoms with Gasteiger partial charge in [-0.2, -0.15) is 0 Å². The molecule has 0 saturated carbocycles. The number of carbonyl (C=O) groups is 3. The Hall–Kier alpha value is -4.15. The van der Waals surface area contributed by atoms with E-state index in [2.05, 4.69) is 30.6 Å². The molecule has 3 amide bonds. The van der Waals surface area contributed by atoms with Crippen molar-refractivity contribution < 1.29 is 27.9 Å². The molecule has 1 aliphatic heterocycles. The van der Waals surface area contributed by atoms with Crippen molar-refractivity contribution in [3.8, 4) is 0 Å². The molecule has 222 valence electrons. The number of nitrogens with one attached hydrogen (secondary N) is 5. The Kier molecular flexibility index (Phi) is 11.5. The summed E-state index contributed by atoms with van der Waals surface area (Å²) in [7, 11) is -3.95. The third kappa shape index (κ3) is 10.1. The Morgan fingerprint density at radius 1 is 1.17 bits per heavy atom. The minimum absolute atomic E-state index is 0.0249. The van der Waals surface area contributed by atoms with Crippen molar-refractivity contribution in [2.75, 3.05) is 19.6 Å². The predicted molar refractivity (Wildman–Crippen MR) is 148 cm³/mol. The van der Waals surface area contributed by atoms with E-state index in [1.54, 1.807) is 30.3 Å². The van der Waals surface area contributed by atoms with Gasteiger partial charge in [-0.25, -0.2) is 18.1 Å². The number of rotatable bonds is 13. The molecule has 15 nitrogen and oxygen atoms in total. The van der Waals surface area contributed by atoms with Gasteiger partial charge in [-0.3, -0.25) is 24.8 Å². The summed E-state index contributed by atoms with van der Waals surface area (Å²) in [6.07, 6.45) is 4.23. The number of hydrogen-bond donors (Lipinski definition) is 7. The fourth-order valence-corrected chi connectivity index (χ4v) is 5.62. The number of hydrogen-bond acceptors (Lipinski definition) is 9. The van der Waals surface area contributed by atoms with Gasteiger partial charge in [0.15, 0.2) is 5.96 Å². The van der Waals surface area contributed by atoms with Crippen LogP contribution < -0.4 is 26.4 Å². The highest BCUT2D eigenvalue weighted by Gasteiger charge is 2.32. The summed E-state index contributed by atoms with van der Waals surface area (Å²) in [5, 5.41) is 25.6. The summed E-state index contributed by atoms with van der Waals surface area (Å²) in [5.74, 6) is -2.47. The van der Waals surface area contributed by atoms with Crippen LogP contribution in [0.3, 0.4) is 0 Å². The van der Waals surface area contributed by atoms with E-state index in [1.807, 2.05) is 0 Å². The second-order valence-corrected chi connectivity index (χ2v) is 11.2. The summed E-state index contributed by atoms with van der Waals surface area (Å²) in [6, 6.07) is 6.53. The van der Waals surface area contributed by atoms with Gasteiger partial charge in [0.25, 0.3) is 5.91 Å². The van der Waals surface area contributed by atoms with Crippen molar-refractivity contribution in [1.29, 1.82) is 5.41 Å². The first-order valence-corrected chi connectivity index (χ1v) is 14.6. The molecule has 41 heavy (non-hydrogen) atoms. The van der Waals surface area contributed by atoms with Crippen molar-refractivity contribution in [3.05, 3.63) is 60.2 Å². The third-order valence-electron chi connectivity index (χ3n) is 6.26. The highest BCUT2D eigenvalue weighted by atomic mass is 32.2. The van der Waals surface area contributed by atoms with Gasteiger partial charge in [-0.15, -0.1) is 0 Å². The number of likely N-dealkylation sites (tertiary alicyclic amines) is 1. The van der Waals surface area contributed by atoms with Gasteiger partial charge < -0.3 is 31.7 Å². The number of benzene rings is 1. The number of nitrogens with two attached hydrogens (primary N) is 1. The quantitative estimate of drug-likeness (QED) is 0.0801. The number of carbonyl (C=O) groups excluding carboxylic acids is 3. The molecule has 0 aliphatic carbocycles. The smallest absolute Gasteiger partial charge is 0.271 e. The molecule has 1 aliphatic rings. The SMILES string of the molecule is N=C(N)N1CCC[C@H](NC(=O)CNC(=O)[C@@H](CCCNC(=O)c2cnccn2)NS(=O)(=O)Cc2ccccc2)C1O. The number of sulfonamides is 1. The van der Waals surface area contributed by atoms with E-state index in [0.29, 0.717) is 24.9 Å². The van der Waals surface area contributed by atoms with E-state index in [9.17, 15) is 27.9 Å². The zero-order valence-corrected chi connectivity index (χ0v) is 23.1. The molecule has 3 rings (SSSR count). The van der Waals surface area contributed by atoms with Gasteiger partial charge in [0.1, 0.15) is 18.0 Å². The molecule has 0 radical (unpaired) electrons. The van der Waals surface area contributed by atoms with Crippen LogP contribution in [-0.4, -0.2) is 90.0 Å². The number of aliphatic hydroxyl groups is 1. The van der Waals surface area contributed by atoms with Gasteiger partial charge >= 0.3 is 0 Å². The zero-order valence-electron chi connectivity index (χ0n) is 22.3. The van der Waals surface area contributed by atoms with Crippen molar-refractivity contribution in [2.24, 2.45) is 5.73 Å². The second kappa shape index (κ2) is 15.0. The van der Waals surface area contributed by atoms with Crippen LogP contribution in [0.4, 0.5) is 0 Å². The average molecular weight is 590 g/mol. The first-order chi connectivity index (χ1) is 19.6. The lowest BCUT2D eigenvalue weighted by atomic mass is 10.0. The molecule has 2 heterocycles. The first kappa shape index (κ1) is 31.4. The summed E-state index contributed by atoms with van der Waals surface area (Å²) in [4.78, 5) is 46.7. The molecule has 1 unspecified atom stereocenters. The number of amides is 3. The minimum Gasteiger partial charge on any atom is -0.371 e. The van der Waals surface area contributed by atoms with Crippen molar-refractivity contribution >= 4 is 33.7 Å². The van der Waals surface area contributed by atoms with Crippen LogP contribution in [0.5, 0.6) is 0 Å². The monoisotopic (exact) mass is 589 g/mol.